The zero-order valence-corrected chi connectivity index (χ0v) is 20.6. The quantitative estimate of drug-likeness (QED) is 0.301. The number of carbonyl (C=O) groups excluding carboxylic acids is 1. The maximum atomic E-state index is 13.3. The first kappa shape index (κ1) is 26.1. The largest absolute Gasteiger partial charge is 0.481 e. The molecule has 0 bridgehead atoms. The first-order valence-electron chi connectivity index (χ1n) is 12.4. The number of rotatable bonds is 9. The topological polar surface area (TPSA) is 61.3 Å². The summed E-state index contributed by atoms with van der Waals surface area (Å²) < 4.78 is 50.8. The third-order valence-corrected chi connectivity index (χ3v) is 7.23. The Hall–Kier alpha value is -3.00. The molecule has 4 rings (SSSR count). The van der Waals surface area contributed by atoms with Crippen molar-refractivity contribution < 1.29 is 27.4 Å². The smallest absolute Gasteiger partial charge is 0.416 e. The van der Waals surface area contributed by atoms with Gasteiger partial charge in [0.25, 0.3) is 0 Å². The fourth-order valence-corrected chi connectivity index (χ4v) is 5.25. The molecule has 0 aliphatic heterocycles. The first-order valence-corrected chi connectivity index (χ1v) is 12.4. The van der Waals surface area contributed by atoms with Crippen LogP contribution in [0.4, 0.5) is 13.2 Å². The molecule has 1 aliphatic carbocycles. The van der Waals surface area contributed by atoms with Crippen LogP contribution in [-0.2, 0) is 10.9 Å². The van der Waals surface area contributed by atoms with E-state index >= 15 is 0 Å². The van der Waals surface area contributed by atoms with Crippen LogP contribution in [0.2, 0.25) is 0 Å². The predicted molar refractivity (Wildman–Crippen MR) is 131 cm³/mol. The summed E-state index contributed by atoms with van der Waals surface area (Å²) in [7, 11) is 1.53. The highest BCUT2D eigenvalue weighted by Gasteiger charge is 2.33. The number of methoxy groups -OCH3 is 1. The fourth-order valence-electron chi connectivity index (χ4n) is 5.25. The van der Waals surface area contributed by atoms with Gasteiger partial charge in [0, 0.05) is 42.4 Å². The van der Waals surface area contributed by atoms with Crippen LogP contribution in [-0.4, -0.2) is 36.1 Å². The van der Waals surface area contributed by atoms with Crippen molar-refractivity contribution in [3.05, 3.63) is 65.5 Å². The molecule has 0 amide bonds. The molecule has 2 aromatic heterocycles. The summed E-state index contributed by atoms with van der Waals surface area (Å²) in [5.41, 5.74) is 1.40. The zero-order chi connectivity index (χ0) is 25.7. The minimum atomic E-state index is -4.39. The number of carbonyl (C=O) groups is 1. The predicted octanol–water partition coefficient (Wildman–Crippen LogP) is 6.86. The van der Waals surface area contributed by atoms with Crippen LogP contribution >= 0.6 is 0 Å². The van der Waals surface area contributed by atoms with Crippen LogP contribution in [0.15, 0.2) is 48.8 Å². The van der Waals surface area contributed by atoms with E-state index in [1.54, 1.807) is 24.5 Å². The molecule has 1 fully saturated rings. The lowest BCUT2D eigenvalue weighted by molar-refractivity contribution is -0.137. The maximum Gasteiger partial charge on any atom is 0.416 e. The highest BCUT2D eigenvalue weighted by Crippen LogP contribution is 2.42. The second-order valence-corrected chi connectivity index (χ2v) is 9.38. The Morgan fingerprint density at radius 3 is 2.50 bits per heavy atom. The molecule has 5 nitrogen and oxygen atoms in total. The molecule has 1 aromatic carbocycles. The van der Waals surface area contributed by atoms with Crippen molar-refractivity contribution in [1.29, 1.82) is 0 Å². The van der Waals surface area contributed by atoms with E-state index < -0.39 is 11.7 Å². The van der Waals surface area contributed by atoms with Crippen molar-refractivity contribution in [3.63, 3.8) is 0 Å². The normalized spacial score (nSPS) is 19.2. The van der Waals surface area contributed by atoms with Crippen LogP contribution in [0.1, 0.15) is 66.4 Å². The van der Waals surface area contributed by atoms with Gasteiger partial charge < -0.3 is 9.47 Å². The minimum absolute atomic E-state index is 0.0248. The summed E-state index contributed by atoms with van der Waals surface area (Å²) in [5.74, 6) is 1.02. The summed E-state index contributed by atoms with van der Waals surface area (Å²) in [6.07, 6.45) is 2.67. The highest BCUT2D eigenvalue weighted by molar-refractivity contribution is 5.96. The van der Waals surface area contributed by atoms with Crippen molar-refractivity contribution in [2.24, 2.45) is 11.8 Å². The molecular weight excluding hydrogens is 469 g/mol. The second kappa shape index (κ2) is 11.4. The van der Waals surface area contributed by atoms with Crippen LogP contribution in [0.25, 0.3) is 10.9 Å². The van der Waals surface area contributed by atoms with Gasteiger partial charge in [0.15, 0.2) is 5.78 Å². The van der Waals surface area contributed by atoms with Gasteiger partial charge in [-0.1, -0.05) is 0 Å². The van der Waals surface area contributed by atoms with Gasteiger partial charge in [0.1, 0.15) is 0 Å². The Balaban J connectivity index is 1.47. The van der Waals surface area contributed by atoms with E-state index in [1.807, 2.05) is 13.0 Å². The van der Waals surface area contributed by atoms with Crippen molar-refractivity contribution >= 4 is 16.7 Å². The van der Waals surface area contributed by atoms with Crippen molar-refractivity contribution in [2.45, 2.75) is 51.1 Å². The Bertz CT molecular complexity index is 1170. The zero-order valence-electron chi connectivity index (χ0n) is 20.6. The van der Waals surface area contributed by atoms with Gasteiger partial charge in [-0.2, -0.15) is 13.2 Å². The number of ether oxygens (including phenoxy) is 2. The minimum Gasteiger partial charge on any atom is -0.481 e. The van der Waals surface area contributed by atoms with Gasteiger partial charge in [0.05, 0.1) is 24.8 Å². The van der Waals surface area contributed by atoms with Gasteiger partial charge in [-0.3, -0.25) is 9.78 Å². The Morgan fingerprint density at radius 1 is 1.08 bits per heavy atom. The first-order chi connectivity index (χ1) is 17.3. The number of ketones is 1. The third-order valence-electron chi connectivity index (χ3n) is 7.23. The fraction of sp³-hybridized carbons (Fsp3) is 0.464. The Labute approximate surface area is 209 Å². The van der Waals surface area contributed by atoms with E-state index in [1.165, 1.54) is 19.2 Å². The summed E-state index contributed by atoms with van der Waals surface area (Å²) in [5, 5.41) is 0.573. The van der Waals surface area contributed by atoms with Crippen molar-refractivity contribution in [3.8, 4) is 5.88 Å². The van der Waals surface area contributed by atoms with E-state index in [4.69, 9.17) is 9.47 Å². The maximum absolute atomic E-state index is 13.3. The molecule has 192 valence electrons. The molecule has 1 atom stereocenters. The summed E-state index contributed by atoms with van der Waals surface area (Å²) in [4.78, 5) is 21.4. The number of alkyl halides is 3. The number of fused-ring (bicyclic) bond motifs is 1. The molecule has 3 aromatic rings. The van der Waals surface area contributed by atoms with E-state index in [9.17, 15) is 18.0 Å². The molecule has 1 saturated carbocycles. The number of hydrogen-bond donors (Lipinski definition) is 0. The van der Waals surface area contributed by atoms with Crippen LogP contribution < -0.4 is 4.74 Å². The molecule has 0 unspecified atom stereocenters. The van der Waals surface area contributed by atoms with Crippen LogP contribution in [0.5, 0.6) is 5.88 Å². The van der Waals surface area contributed by atoms with Gasteiger partial charge in [-0.15, -0.1) is 0 Å². The number of nitrogens with zero attached hydrogens (tertiary/aromatic N) is 2. The molecule has 36 heavy (non-hydrogen) atoms. The molecule has 0 spiro atoms. The van der Waals surface area contributed by atoms with Crippen molar-refractivity contribution in [1.82, 2.24) is 9.97 Å². The van der Waals surface area contributed by atoms with E-state index in [-0.39, 0.29) is 17.6 Å². The molecular formula is C28H31F3N2O3. The Kier molecular flexibility index (Phi) is 8.24. The second-order valence-electron chi connectivity index (χ2n) is 9.38. The van der Waals surface area contributed by atoms with Crippen LogP contribution in [0, 0.1) is 11.8 Å². The third kappa shape index (κ3) is 6.03. The standard InChI is InChI=1S/C28H31F3N2O3/c1-3-36-17-21(14-26(34)20-8-11-27(35-2)33-16-20)18-4-6-19(7-5-18)23-12-13-32-25-10-9-22(15-24(23)25)28(29,30)31/h8-13,15-16,18-19,21H,3-7,14,17H2,1-2H3/t18?,19?,21-/m0/s1. The Morgan fingerprint density at radius 2 is 1.86 bits per heavy atom. The molecule has 0 N–H and O–H groups in total. The van der Waals surface area contributed by atoms with E-state index in [0.29, 0.717) is 47.9 Å². The molecule has 1 aliphatic rings. The van der Waals surface area contributed by atoms with E-state index in [0.717, 1.165) is 37.3 Å². The summed E-state index contributed by atoms with van der Waals surface area (Å²) >= 11 is 0. The number of pyridine rings is 2. The number of benzene rings is 1. The number of halogens is 3. The lowest BCUT2D eigenvalue weighted by Gasteiger charge is -2.34. The van der Waals surface area contributed by atoms with Gasteiger partial charge >= 0.3 is 6.18 Å². The van der Waals surface area contributed by atoms with Crippen molar-refractivity contribution in [2.75, 3.05) is 20.3 Å². The summed E-state index contributed by atoms with van der Waals surface area (Å²) in [6.45, 7) is 3.02. The molecule has 0 radical (unpaired) electrons. The van der Waals surface area contributed by atoms with Gasteiger partial charge in [0.2, 0.25) is 5.88 Å². The molecule has 8 heteroatoms. The average Bonchev–Trinajstić information content (AvgIpc) is 2.90. The van der Waals surface area contributed by atoms with Gasteiger partial charge in [-0.25, -0.2) is 4.98 Å². The number of aromatic nitrogens is 2. The van der Waals surface area contributed by atoms with E-state index in [2.05, 4.69) is 9.97 Å². The highest BCUT2D eigenvalue weighted by atomic mass is 19.4. The van der Waals surface area contributed by atoms with Gasteiger partial charge in [-0.05, 0) is 86.3 Å². The number of hydrogen-bond acceptors (Lipinski definition) is 5. The summed E-state index contributed by atoms with van der Waals surface area (Å²) in [6, 6.07) is 9.02. The lowest BCUT2D eigenvalue weighted by atomic mass is 9.72. The SMILES string of the molecule is CCOC[C@H](CC(=O)c1ccc(OC)nc1)C1CCC(c2ccnc3ccc(C(F)(F)F)cc23)CC1. The molecule has 0 saturated heterocycles. The lowest BCUT2D eigenvalue weighted by Crippen LogP contribution is -2.27. The number of Topliss-reactive ketones (excluding diaryl/α,β-unsaturated/α-hetero) is 1. The molecule has 2 heterocycles. The monoisotopic (exact) mass is 500 g/mol. The average molecular weight is 501 g/mol. The van der Waals surface area contributed by atoms with Crippen LogP contribution in [0.3, 0.4) is 0 Å².